The van der Waals surface area contributed by atoms with Crippen LogP contribution in [-0.2, 0) is 0 Å². The van der Waals surface area contributed by atoms with Gasteiger partial charge in [0, 0.05) is 6.54 Å². The van der Waals surface area contributed by atoms with E-state index in [1.807, 2.05) is 13.8 Å². The highest BCUT2D eigenvalue weighted by molar-refractivity contribution is 5.74. The van der Waals surface area contributed by atoms with E-state index in [4.69, 9.17) is 4.74 Å². The first-order valence-electron chi connectivity index (χ1n) is 7.40. The van der Waals surface area contributed by atoms with Crippen LogP contribution in [0.4, 0.5) is 9.18 Å². The van der Waals surface area contributed by atoms with Crippen molar-refractivity contribution in [1.29, 1.82) is 0 Å². The number of methoxy groups -OCH3 is 1. The molecule has 1 aromatic carbocycles. The van der Waals surface area contributed by atoms with Gasteiger partial charge in [-0.25, -0.2) is 9.18 Å². The Morgan fingerprint density at radius 2 is 2.05 bits per heavy atom. The van der Waals surface area contributed by atoms with E-state index >= 15 is 0 Å². The minimum absolute atomic E-state index is 0.158. The fraction of sp³-hybridized carbons (Fsp3) is 0.562. The molecule has 0 saturated carbocycles. The van der Waals surface area contributed by atoms with Crippen molar-refractivity contribution < 1.29 is 19.0 Å². The highest BCUT2D eigenvalue weighted by atomic mass is 19.1. The third-order valence-corrected chi connectivity index (χ3v) is 3.26. The Balaban J connectivity index is 2.58. The summed E-state index contributed by atoms with van der Waals surface area (Å²) in [5.41, 5.74) is 0.294. The van der Waals surface area contributed by atoms with Gasteiger partial charge in [-0.2, -0.15) is 0 Å². The molecule has 1 rings (SSSR count). The lowest BCUT2D eigenvalue weighted by atomic mass is 10.1. The number of hydrogen-bond acceptors (Lipinski definition) is 3. The Labute approximate surface area is 130 Å². The predicted octanol–water partition coefficient (Wildman–Crippen LogP) is 2.60. The van der Waals surface area contributed by atoms with Gasteiger partial charge in [0.05, 0.1) is 24.8 Å². The molecular weight excluding hydrogens is 287 g/mol. The van der Waals surface area contributed by atoms with Crippen LogP contribution < -0.4 is 15.4 Å². The minimum Gasteiger partial charge on any atom is -0.496 e. The van der Waals surface area contributed by atoms with Gasteiger partial charge in [-0.15, -0.1) is 0 Å². The number of aliphatic hydroxyl groups is 1. The molecule has 0 saturated heterocycles. The summed E-state index contributed by atoms with van der Waals surface area (Å²) in [5, 5.41) is 14.9. The van der Waals surface area contributed by atoms with Crippen molar-refractivity contribution in [3.8, 4) is 5.75 Å². The quantitative estimate of drug-likeness (QED) is 0.725. The normalized spacial score (nSPS) is 13.6. The third kappa shape index (κ3) is 5.52. The number of carbonyl (C=O) groups is 1. The molecular formula is C16H25FN2O3. The van der Waals surface area contributed by atoms with E-state index < -0.39 is 24.0 Å². The highest BCUT2D eigenvalue weighted by Crippen LogP contribution is 2.27. The molecule has 0 radical (unpaired) electrons. The average molecular weight is 312 g/mol. The number of amides is 2. The van der Waals surface area contributed by atoms with E-state index in [1.54, 1.807) is 19.1 Å². The maximum atomic E-state index is 13.9. The van der Waals surface area contributed by atoms with Crippen molar-refractivity contribution in [3.63, 3.8) is 0 Å². The standard InChI is InChI=1S/C16H25FN2O3/c1-10(2)8-12(20)9-18-16(21)19-11(3)15-13(17)6-5-7-14(15)22-4/h5-7,10-12,20H,8-9H2,1-4H3,(H2,18,19,21). The van der Waals surface area contributed by atoms with E-state index in [2.05, 4.69) is 10.6 Å². The molecule has 5 nitrogen and oxygen atoms in total. The summed E-state index contributed by atoms with van der Waals surface area (Å²) in [5.74, 6) is 0.293. The molecule has 0 fully saturated rings. The van der Waals surface area contributed by atoms with Gasteiger partial charge in [-0.1, -0.05) is 19.9 Å². The van der Waals surface area contributed by atoms with Crippen LogP contribution in [-0.4, -0.2) is 30.9 Å². The number of urea groups is 1. The summed E-state index contributed by atoms with van der Waals surface area (Å²) in [7, 11) is 1.45. The number of carbonyl (C=O) groups excluding carboxylic acids is 1. The first-order valence-corrected chi connectivity index (χ1v) is 7.40. The zero-order valence-corrected chi connectivity index (χ0v) is 13.5. The summed E-state index contributed by atoms with van der Waals surface area (Å²) in [6, 6.07) is 3.49. The lowest BCUT2D eigenvalue weighted by Crippen LogP contribution is -2.41. The molecule has 124 valence electrons. The SMILES string of the molecule is COc1cccc(F)c1C(C)NC(=O)NCC(O)CC(C)C. The van der Waals surface area contributed by atoms with E-state index in [0.29, 0.717) is 23.7 Å². The molecule has 0 bridgehead atoms. The monoisotopic (exact) mass is 312 g/mol. The maximum Gasteiger partial charge on any atom is 0.315 e. The molecule has 6 heteroatoms. The lowest BCUT2D eigenvalue weighted by molar-refractivity contribution is 0.146. The molecule has 0 spiro atoms. The van der Waals surface area contributed by atoms with Crippen molar-refractivity contribution >= 4 is 6.03 Å². The van der Waals surface area contributed by atoms with Crippen LogP contribution in [0.15, 0.2) is 18.2 Å². The Hall–Kier alpha value is -1.82. The zero-order chi connectivity index (χ0) is 16.7. The highest BCUT2D eigenvalue weighted by Gasteiger charge is 2.18. The fourth-order valence-electron chi connectivity index (χ4n) is 2.27. The zero-order valence-electron chi connectivity index (χ0n) is 13.5. The summed E-state index contributed by atoms with van der Waals surface area (Å²) in [6.45, 7) is 5.82. The number of ether oxygens (including phenoxy) is 1. The van der Waals surface area contributed by atoms with Crippen LogP contribution in [0.3, 0.4) is 0 Å². The van der Waals surface area contributed by atoms with E-state index in [0.717, 1.165) is 0 Å². The predicted molar refractivity (Wildman–Crippen MR) is 83.4 cm³/mol. The Morgan fingerprint density at radius 3 is 2.64 bits per heavy atom. The summed E-state index contributed by atoms with van der Waals surface area (Å²) >= 11 is 0. The van der Waals surface area contributed by atoms with Crippen molar-refractivity contribution in [2.75, 3.05) is 13.7 Å². The number of benzene rings is 1. The molecule has 1 aromatic rings. The van der Waals surface area contributed by atoms with Crippen LogP contribution in [0.1, 0.15) is 38.8 Å². The second kappa shape index (κ2) is 8.58. The first kappa shape index (κ1) is 18.2. The molecule has 2 amide bonds. The number of aliphatic hydroxyl groups excluding tert-OH is 1. The molecule has 0 aliphatic carbocycles. The van der Waals surface area contributed by atoms with Gasteiger partial charge in [-0.3, -0.25) is 0 Å². The van der Waals surface area contributed by atoms with Gasteiger partial charge < -0.3 is 20.5 Å². The topological polar surface area (TPSA) is 70.6 Å². The summed E-state index contributed by atoms with van der Waals surface area (Å²) < 4.78 is 19.0. The molecule has 0 heterocycles. The van der Waals surface area contributed by atoms with Gasteiger partial charge in [0.2, 0.25) is 0 Å². The van der Waals surface area contributed by atoms with Crippen molar-refractivity contribution in [3.05, 3.63) is 29.6 Å². The first-order chi connectivity index (χ1) is 10.3. The fourth-order valence-corrected chi connectivity index (χ4v) is 2.27. The maximum absolute atomic E-state index is 13.9. The van der Waals surface area contributed by atoms with Gasteiger partial charge in [0.25, 0.3) is 0 Å². The molecule has 22 heavy (non-hydrogen) atoms. The Kier molecular flexibility index (Phi) is 7.11. The van der Waals surface area contributed by atoms with Gasteiger partial charge in [0.15, 0.2) is 0 Å². The molecule has 2 unspecified atom stereocenters. The summed E-state index contributed by atoms with van der Waals surface area (Å²) in [4.78, 5) is 11.8. The van der Waals surface area contributed by atoms with Crippen molar-refractivity contribution in [2.24, 2.45) is 5.92 Å². The van der Waals surface area contributed by atoms with Crippen molar-refractivity contribution in [2.45, 2.75) is 39.3 Å². The number of halogens is 1. The van der Waals surface area contributed by atoms with Gasteiger partial charge in [-0.05, 0) is 31.4 Å². The number of hydrogen-bond donors (Lipinski definition) is 3. The molecule has 3 N–H and O–H groups in total. The van der Waals surface area contributed by atoms with Crippen LogP contribution >= 0.6 is 0 Å². The van der Waals surface area contributed by atoms with Gasteiger partial charge in [0.1, 0.15) is 11.6 Å². The average Bonchev–Trinajstić information content (AvgIpc) is 2.43. The van der Waals surface area contributed by atoms with Crippen LogP contribution in [0, 0.1) is 11.7 Å². The second-order valence-electron chi connectivity index (χ2n) is 5.72. The van der Waals surface area contributed by atoms with Crippen molar-refractivity contribution in [1.82, 2.24) is 10.6 Å². The molecule has 2 atom stereocenters. The van der Waals surface area contributed by atoms with Crippen LogP contribution in [0.2, 0.25) is 0 Å². The molecule has 0 aliphatic rings. The number of rotatable bonds is 7. The smallest absolute Gasteiger partial charge is 0.315 e. The number of nitrogens with one attached hydrogen (secondary N) is 2. The Bertz CT molecular complexity index is 494. The molecule has 0 aromatic heterocycles. The van der Waals surface area contributed by atoms with E-state index in [9.17, 15) is 14.3 Å². The lowest BCUT2D eigenvalue weighted by Gasteiger charge is -2.19. The van der Waals surface area contributed by atoms with E-state index in [1.165, 1.54) is 13.2 Å². The van der Waals surface area contributed by atoms with Crippen LogP contribution in [0.5, 0.6) is 5.75 Å². The van der Waals surface area contributed by atoms with Gasteiger partial charge >= 0.3 is 6.03 Å². The Morgan fingerprint density at radius 1 is 1.36 bits per heavy atom. The second-order valence-corrected chi connectivity index (χ2v) is 5.72. The molecule has 0 aliphatic heterocycles. The summed E-state index contributed by atoms with van der Waals surface area (Å²) in [6.07, 6.45) is 0.0146. The minimum atomic E-state index is -0.593. The third-order valence-electron chi connectivity index (χ3n) is 3.26. The van der Waals surface area contributed by atoms with Crippen LogP contribution in [0.25, 0.3) is 0 Å². The largest absolute Gasteiger partial charge is 0.496 e. The van der Waals surface area contributed by atoms with E-state index in [-0.39, 0.29) is 6.54 Å².